The van der Waals surface area contributed by atoms with Gasteiger partial charge in [-0.3, -0.25) is 0 Å². The maximum absolute atomic E-state index is 4.61. The van der Waals surface area contributed by atoms with E-state index >= 15 is 0 Å². The number of aromatic nitrogens is 1. The molecular weight excluding hydrogens is 216 g/mol. The summed E-state index contributed by atoms with van der Waals surface area (Å²) < 4.78 is 0. The van der Waals surface area contributed by atoms with Gasteiger partial charge in [0.25, 0.3) is 0 Å². The van der Waals surface area contributed by atoms with Gasteiger partial charge in [-0.1, -0.05) is 19.8 Å². The van der Waals surface area contributed by atoms with Crippen molar-refractivity contribution in [3.8, 4) is 0 Å². The zero-order valence-corrected chi connectivity index (χ0v) is 11.2. The van der Waals surface area contributed by atoms with Gasteiger partial charge in [-0.15, -0.1) is 11.3 Å². The number of nitrogens with one attached hydrogen (secondary N) is 1. The van der Waals surface area contributed by atoms with Gasteiger partial charge in [0.1, 0.15) is 0 Å². The molecule has 1 N–H and O–H groups in total. The van der Waals surface area contributed by atoms with Gasteiger partial charge in [-0.25, -0.2) is 4.98 Å². The molecular formula is C13H22N2S. The summed E-state index contributed by atoms with van der Waals surface area (Å²) in [6, 6.07) is 0. The first-order chi connectivity index (χ1) is 7.74. The molecule has 1 fully saturated rings. The van der Waals surface area contributed by atoms with E-state index in [9.17, 15) is 0 Å². The van der Waals surface area contributed by atoms with E-state index in [1.54, 1.807) is 11.3 Å². The third kappa shape index (κ3) is 2.83. The minimum absolute atomic E-state index is 0.316. The highest BCUT2D eigenvalue weighted by Crippen LogP contribution is 2.27. The molecule has 2 rings (SSSR count). The van der Waals surface area contributed by atoms with Gasteiger partial charge in [0.15, 0.2) is 0 Å². The van der Waals surface area contributed by atoms with Gasteiger partial charge >= 0.3 is 0 Å². The van der Waals surface area contributed by atoms with E-state index in [-0.39, 0.29) is 0 Å². The number of hydrogen-bond donors (Lipinski definition) is 1. The molecule has 1 aromatic heterocycles. The van der Waals surface area contributed by atoms with Crippen LogP contribution in [0.5, 0.6) is 0 Å². The molecule has 1 aliphatic heterocycles. The van der Waals surface area contributed by atoms with Crippen LogP contribution in [0.3, 0.4) is 0 Å². The molecule has 2 nitrogen and oxygen atoms in total. The highest BCUT2D eigenvalue weighted by molar-refractivity contribution is 7.09. The Balaban J connectivity index is 2.08. The summed E-state index contributed by atoms with van der Waals surface area (Å²) >= 11 is 1.77. The smallest absolute Gasteiger partial charge is 0.0897 e. The SMILES string of the molecule is CCC1(Cc2csc(C)n2)CCCCCN1. The third-order valence-electron chi connectivity index (χ3n) is 3.69. The van der Waals surface area contributed by atoms with Gasteiger partial charge in [0.2, 0.25) is 0 Å². The predicted octanol–water partition coefficient (Wildman–Crippen LogP) is 3.31. The Hall–Kier alpha value is -0.410. The summed E-state index contributed by atoms with van der Waals surface area (Å²) in [6.45, 7) is 5.57. The molecule has 1 saturated heterocycles. The second-order valence-corrected chi connectivity index (χ2v) is 5.97. The molecule has 0 radical (unpaired) electrons. The highest BCUT2D eigenvalue weighted by Gasteiger charge is 2.29. The van der Waals surface area contributed by atoms with Crippen molar-refractivity contribution in [2.24, 2.45) is 0 Å². The van der Waals surface area contributed by atoms with E-state index in [2.05, 4.69) is 29.5 Å². The lowest BCUT2D eigenvalue weighted by Gasteiger charge is -2.32. The fourth-order valence-corrected chi connectivity index (χ4v) is 3.23. The minimum Gasteiger partial charge on any atom is -0.311 e. The number of thiazole rings is 1. The molecule has 1 unspecified atom stereocenters. The first-order valence-electron chi connectivity index (χ1n) is 6.40. The van der Waals surface area contributed by atoms with E-state index in [1.165, 1.54) is 49.4 Å². The van der Waals surface area contributed by atoms with Crippen LogP contribution in [0.2, 0.25) is 0 Å². The van der Waals surface area contributed by atoms with Crippen LogP contribution in [0.1, 0.15) is 49.7 Å². The average molecular weight is 238 g/mol. The Morgan fingerprint density at radius 2 is 2.31 bits per heavy atom. The van der Waals surface area contributed by atoms with Crippen LogP contribution in [0, 0.1) is 6.92 Å². The Bertz CT molecular complexity index is 324. The monoisotopic (exact) mass is 238 g/mol. The second-order valence-electron chi connectivity index (χ2n) is 4.91. The zero-order valence-electron chi connectivity index (χ0n) is 10.4. The van der Waals surface area contributed by atoms with Crippen molar-refractivity contribution in [1.29, 1.82) is 0 Å². The molecule has 0 aliphatic carbocycles. The van der Waals surface area contributed by atoms with Crippen LogP contribution in [0.15, 0.2) is 5.38 Å². The molecule has 0 bridgehead atoms. The van der Waals surface area contributed by atoms with Crippen molar-refractivity contribution in [2.45, 2.75) is 57.9 Å². The first-order valence-corrected chi connectivity index (χ1v) is 7.28. The van der Waals surface area contributed by atoms with Crippen LogP contribution in [-0.4, -0.2) is 17.1 Å². The van der Waals surface area contributed by atoms with Gasteiger partial charge in [-0.2, -0.15) is 0 Å². The molecule has 0 spiro atoms. The van der Waals surface area contributed by atoms with E-state index in [4.69, 9.17) is 0 Å². The summed E-state index contributed by atoms with van der Waals surface area (Å²) in [5.74, 6) is 0. The lowest BCUT2D eigenvalue weighted by Crippen LogP contribution is -2.46. The van der Waals surface area contributed by atoms with E-state index in [0.717, 1.165) is 6.42 Å². The van der Waals surface area contributed by atoms with E-state index in [1.807, 2.05) is 0 Å². The Labute approximate surface area is 102 Å². The van der Waals surface area contributed by atoms with Crippen molar-refractivity contribution in [1.82, 2.24) is 10.3 Å². The van der Waals surface area contributed by atoms with E-state index in [0.29, 0.717) is 5.54 Å². The maximum Gasteiger partial charge on any atom is 0.0897 e. The Morgan fingerprint density at radius 1 is 1.44 bits per heavy atom. The molecule has 2 heterocycles. The molecule has 1 aromatic rings. The van der Waals surface area contributed by atoms with Crippen molar-refractivity contribution in [3.05, 3.63) is 16.1 Å². The fourth-order valence-electron chi connectivity index (χ4n) is 2.62. The lowest BCUT2D eigenvalue weighted by molar-refractivity contribution is 0.300. The largest absolute Gasteiger partial charge is 0.311 e. The molecule has 0 aromatic carbocycles. The Morgan fingerprint density at radius 3 is 3.00 bits per heavy atom. The third-order valence-corrected chi connectivity index (χ3v) is 4.52. The van der Waals surface area contributed by atoms with Gasteiger partial charge in [0, 0.05) is 17.3 Å². The molecule has 1 aliphatic rings. The number of hydrogen-bond acceptors (Lipinski definition) is 3. The van der Waals surface area contributed by atoms with Crippen LogP contribution in [-0.2, 0) is 6.42 Å². The summed E-state index contributed by atoms with van der Waals surface area (Å²) in [6.07, 6.45) is 7.70. The second kappa shape index (κ2) is 5.28. The lowest BCUT2D eigenvalue weighted by atomic mass is 9.86. The summed E-state index contributed by atoms with van der Waals surface area (Å²) in [5.41, 5.74) is 1.59. The molecule has 90 valence electrons. The van der Waals surface area contributed by atoms with Gasteiger partial charge < -0.3 is 5.32 Å². The van der Waals surface area contributed by atoms with E-state index < -0.39 is 0 Å². The quantitative estimate of drug-likeness (QED) is 0.874. The van der Waals surface area contributed by atoms with Crippen LogP contribution < -0.4 is 5.32 Å². The molecule has 16 heavy (non-hydrogen) atoms. The van der Waals surface area contributed by atoms with Crippen LogP contribution >= 0.6 is 11.3 Å². The summed E-state index contributed by atoms with van der Waals surface area (Å²) in [4.78, 5) is 4.61. The number of rotatable bonds is 3. The minimum atomic E-state index is 0.316. The molecule has 3 heteroatoms. The van der Waals surface area contributed by atoms with Crippen molar-refractivity contribution in [3.63, 3.8) is 0 Å². The van der Waals surface area contributed by atoms with Gasteiger partial charge in [0.05, 0.1) is 10.7 Å². The standard InChI is InChI=1S/C13H22N2S/c1-3-13(7-5-4-6-8-14-13)9-12-10-16-11(2)15-12/h10,14H,3-9H2,1-2H3. The zero-order chi connectivity index (χ0) is 11.4. The highest BCUT2D eigenvalue weighted by atomic mass is 32.1. The summed E-state index contributed by atoms with van der Waals surface area (Å²) in [7, 11) is 0. The molecule has 0 saturated carbocycles. The van der Waals surface area contributed by atoms with Gasteiger partial charge in [-0.05, 0) is 32.7 Å². The average Bonchev–Trinajstić information content (AvgIpc) is 2.54. The topological polar surface area (TPSA) is 24.9 Å². The normalized spacial score (nSPS) is 26.6. The fraction of sp³-hybridized carbons (Fsp3) is 0.769. The van der Waals surface area contributed by atoms with Crippen molar-refractivity contribution in [2.75, 3.05) is 6.54 Å². The van der Waals surface area contributed by atoms with Crippen LogP contribution in [0.4, 0.5) is 0 Å². The van der Waals surface area contributed by atoms with Crippen LogP contribution in [0.25, 0.3) is 0 Å². The van der Waals surface area contributed by atoms with Crippen molar-refractivity contribution >= 4 is 11.3 Å². The van der Waals surface area contributed by atoms with Crippen molar-refractivity contribution < 1.29 is 0 Å². The molecule has 1 atom stereocenters. The Kier molecular flexibility index (Phi) is 3.98. The number of nitrogens with zero attached hydrogens (tertiary/aromatic N) is 1. The summed E-state index contributed by atoms with van der Waals surface area (Å²) in [5, 5.41) is 7.18. The maximum atomic E-state index is 4.61. The first kappa shape index (κ1) is 12.1. The molecule has 0 amide bonds. The number of aryl methyl sites for hydroxylation is 1. The predicted molar refractivity (Wildman–Crippen MR) is 70.0 cm³/mol.